The SMILES string of the molecule is Cc1ccc(C(=O)O)c(Oc2ccc([N+](=O)[O-])c(C)n2)c1. The Labute approximate surface area is 120 Å². The molecule has 2 aromatic rings. The van der Waals surface area contributed by atoms with Crippen LogP contribution < -0.4 is 4.74 Å². The smallest absolute Gasteiger partial charge is 0.339 e. The summed E-state index contributed by atoms with van der Waals surface area (Å²) in [5.41, 5.74) is 0.902. The van der Waals surface area contributed by atoms with Crippen molar-refractivity contribution in [1.82, 2.24) is 4.98 Å². The zero-order valence-corrected chi connectivity index (χ0v) is 11.4. The predicted octanol–water partition coefficient (Wildman–Crippen LogP) is 3.10. The first kappa shape index (κ1) is 14.4. The molecule has 0 spiro atoms. The number of hydrogen-bond acceptors (Lipinski definition) is 5. The third kappa shape index (κ3) is 3.14. The van der Waals surface area contributed by atoms with E-state index in [2.05, 4.69) is 4.98 Å². The van der Waals surface area contributed by atoms with Crippen LogP contribution in [0.4, 0.5) is 5.69 Å². The summed E-state index contributed by atoms with van der Waals surface area (Å²) in [7, 11) is 0. The maximum Gasteiger partial charge on any atom is 0.339 e. The standard InChI is InChI=1S/C14H12N2O5/c1-8-3-4-10(14(17)18)12(7-8)21-13-6-5-11(16(19)20)9(2)15-13/h3-7H,1-2H3,(H,17,18). The van der Waals surface area contributed by atoms with Gasteiger partial charge in [-0.25, -0.2) is 9.78 Å². The number of aryl methyl sites for hydroxylation is 2. The molecule has 1 N–H and O–H groups in total. The first-order valence-electron chi connectivity index (χ1n) is 6.02. The molecule has 21 heavy (non-hydrogen) atoms. The molecular weight excluding hydrogens is 276 g/mol. The van der Waals surface area contributed by atoms with Crippen LogP contribution in [0, 0.1) is 24.0 Å². The third-order valence-corrected chi connectivity index (χ3v) is 2.81. The summed E-state index contributed by atoms with van der Waals surface area (Å²) in [6, 6.07) is 7.27. The van der Waals surface area contributed by atoms with Crippen molar-refractivity contribution in [1.29, 1.82) is 0 Å². The Morgan fingerprint density at radius 1 is 1.29 bits per heavy atom. The number of carbonyl (C=O) groups is 1. The third-order valence-electron chi connectivity index (χ3n) is 2.81. The number of hydrogen-bond donors (Lipinski definition) is 1. The van der Waals surface area contributed by atoms with Crippen LogP contribution in [-0.2, 0) is 0 Å². The fourth-order valence-electron chi connectivity index (χ4n) is 1.78. The molecule has 0 bridgehead atoms. The van der Waals surface area contributed by atoms with Gasteiger partial charge in [0.1, 0.15) is 17.0 Å². The summed E-state index contributed by atoms with van der Waals surface area (Å²) in [5, 5.41) is 19.8. The summed E-state index contributed by atoms with van der Waals surface area (Å²) in [5.74, 6) is -0.877. The molecule has 1 aromatic carbocycles. The van der Waals surface area contributed by atoms with Gasteiger partial charge in [0.05, 0.1) is 4.92 Å². The summed E-state index contributed by atoms with van der Waals surface area (Å²) >= 11 is 0. The van der Waals surface area contributed by atoms with E-state index >= 15 is 0 Å². The van der Waals surface area contributed by atoms with E-state index in [1.165, 1.54) is 25.1 Å². The molecule has 0 saturated heterocycles. The molecule has 0 saturated carbocycles. The second kappa shape index (κ2) is 5.58. The van der Waals surface area contributed by atoms with Gasteiger partial charge in [-0.05, 0) is 31.5 Å². The molecule has 0 radical (unpaired) electrons. The van der Waals surface area contributed by atoms with Crippen LogP contribution in [0.1, 0.15) is 21.6 Å². The van der Waals surface area contributed by atoms with Crippen molar-refractivity contribution < 1.29 is 19.6 Å². The second-order valence-corrected chi connectivity index (χ2v) is 4.42. The molecule has 0 fully saturated rings. The van der Waals surface area contributed by atoms with Gasteiger partial charge in [0.15, 0.2) is 0 Å². The van der Waals surface area contributed by atoms with E-state index in [0.717, 1.165) is 5.56 Å². The van der Waals surface area contributed by atoms with E-state index in [-0.39, 0.29) is 28.6 Å². The number of pyridine rings is 1. The van der Waals surface area contributed by atoms with E-state index in [4.69, 9.17) is 9.84 Å². The fourth-order valence-corrected chi connectivity index (χ4v) is 1.78. The molecule has 1 heterocycles. The van der Waals surface area contributed by atoms with Crippen LogP contribution in [0.5, 0.6) is 11.6 Å². The first-order valence-corrected chi connectivity index (χ1v) is 6.02. The lowest BCUT2D eigenvalue weighted by atomic mass is 10.1. The van der Waals surface area contributed by atoms with Crippen molar-refractivity contribution in [2.75, 3.05) is 0 Å². The minimum absolute atomic E-state index is 0.00148. The molecule has 0 aliphatic rings. The molecule has 0 amide bonds. The van der Waals surface area contributed by atoms with E-state index in [1.807, 2.05) is 0 Å². The maximum absolute atomic E-state index is 11.1. The molecule has 7 nitrogen and oxygen atoms in total. The molecule has 108 valence electrons. The van der Waals surface area contributed by atoms with Crippen molar-refractivity contribution in [3.63, 3.8) is 0 Å². The molecule has 0 aliphatic carbocycles. The fraction of sp³-hybridized carbons (Fsp3) is 0.143. The van der Waals surface area contributed by atoms with Gasteiger partial charge in [-0.1, -0.05) is 6.07 Å². The van der Waals surface area contributed by atoms with Crippen LogP contribution in [-0.4, -0.2) is 21.0 Å². The molecule has 2 rings (SSSR count). The number of carboxylic acid groups (broad SMARTS) is 1. The van der Waals surface area contributed by atoms with E-state index in [9.17, 15) is 14.9 Å². The van der Waals surface area contributed by atoms with Gasteiger partial charge in [-0.2, -0.15) is 0 Å². The Morgan fingerprint density at radius 3 is 2.57 bits per heavy atom. The Kier molecular flexibility index (Phi) is 3.84. The summed E-state index contributed by atoms with van der Waals surface area (Å²) in [6.45, 7) is 3.28. The van der Waals surface area contributed by atoms with E-state index in [1.54, 1.807) is 19.1 Å². The number of rotatable bonds is 4. The van der Waals surface area contributed by atoms with Crippen LogP contribution in [0.25, 0.3) is 0 Å². The number of ether oxygens (including phenoxy) is 1. The lowest BCUT2D eigenvalue weighted by Gasteiger charge is -2.09. The van der Waals surface area contributed by atoms with Gasteiger partial charge in [-0.15, -0.1) is 0 Å². The van der Waals surface area contributed by atoms with E-state index in [0.29, 0.717) is 0 Å². The number of nitro groups is 1. The van der Waals surface area contributed by atoms with Gasteiger partial charge in [0, 0.05) is 12.1 Å². The van der Waals surface area contributed by atoms with Crippen molar-refractivity contribution in [2.45, 2.75) is 13.8 Å². The second-order valence-electron chi connectivity index (χ2n) is 4.42. The van der Waals surface area contributed by atoms with Crippen molar-refractivity contribution in [3.8, 4) is 11.6 Å². The highest BCUT2D eigenvalue weighted by molar-refractivity contribution is 5.91. The van der Waals surface area contributed by atoms with Crippen LogP contribution in [0.3, 0.4) is 0 Å². The van der Waals surface area contributed by atoms with Crippen LogP contribution in [0.2, 0.25) is 0 Å². The highest BCUT2D eigenvalue weighted by atomic mass is 16.6. The topological polar surface area (TPSA) is 103 Å². The lowest BCUT2D eigenvalue weighted by Crippen LogP contribution is -2.02. The van der Waals surface area contributed by atoms with Crippen molar-refractivity contribution >= 4 is 11.7 Å². The average Bonchev–Trinajstić information content (AvgIpc) is 2.37. The van der Waals surface area contributed by atoms with Crippen LogP contribution in [0.15, 0.2) is 30.3 Å². The zero-order valence-electron chi connectivity index (χ0n) is 11.4. The Bertz CT molecular complexity index is 727. The number of aromatic nitrogens is 1. The number of benzene rings is 1. The predicted molar refractivity (Wildman–Crippen MR) is 73.8 cm³/mol. The molecule has 0 atom stereocenters. The Hall–Kier alpha value is -2.96. The maximum atomic E-state index is 11.1. The van der Waals surface area contributed by atoms with Gasteiger partial charge in [0.2, 0.25) is 5.88 Å². The van der Waals surface area contributed by atoms with Crippen molar-refractivity contribution in [3.05, 3.63) is 57.3 Å². The zero-order chi connectivity index (χ0) is 15.6. The Balaban J connectivity index is 2.38. The molecule has 0 aliphatic heterocycles. The summed E-state index contributed by atoms with van der Waals surface area (Å²) < 4.78 is 5.45. The van der Waals surface area contributed by atoms with Crippen molar-refractivity contribution in [2.24, 2.45) is 0 Å². The minimum Gasteiger partial charge on any atom is -0.478 e. The summed E-state index contributed by atoms with van der Waals surface area (Å²) in [6.07, 6.45) is 0. The monoisotopic (exact) mass is 288 g/mol. The number of nitrogens with zero attached hydrogens (tertiary/aromatic N) is 2. The summed E-state index contributed by atoms with van der Waals surface area (Å²) in [4.78, 5) is 25.3. The van der Waals surface area contributed by atoms with Gasteiger partial charge < -0.3 is 9.84 Å². The lowest BCUT2D eigenvalue weighted by molar-refractivity contribution is -0.385. The van der Waals surface area contributed by atoms with Gasteiger partial charge in [0.25, 0.3) is 5.69 Å². The molecule has 1 aromatic heterocycles. The minimum atomic E-state index is -1.12. The largest absolute Gasteiger partial charge is 0.478 e. The molecule has 0 unspecified atom stereocenters. The van der Waals surface area contributed by atoms with Crippen LogP contribution >= 0.6 is 0 Å². The number of carboxylic acids is 1. The highest BCUT2D eigenvalue weighted by Gasteiger charge is 2.16. The van der Waals surface area contributed by atoms with Gasteiger partial charge in [-0.3, -0.25) is 10.1 Å². The van der Waals surface area contributed by atoms with Gasteiger partial charge >= 0.3 is 5.97 Å². The quantitative estimate of drug-likeness (QED) is 0.685. The number of aromatic carboxylic acids is 1. The highest BCUT2D eigenvalue weighted by Crippen LogP contribution is 2.27. The normalized spacial score (nSPS) is 10.2. The molecule has 7 heteroatoms. The Morgan fingerprint density at radius 2 is 2.00 bits per heavy atom. The molecular formula is C14H12N2O5. The average molecular weight is 288 g/mol. The first-order chi connectivity index (χ1) is 9.88. The van der Waals surface area contributed by atoms with E-state index < -0.39 is 10.9 Å².